The molecule has 0 saturated carbocycles. The number of nitrogens with one attached hydrogen (secondary N) is 3. The van der Waals surface area contributed by atoms with E-state index in [1.54, 1.807) is 31.2 Å². The van der Waals surface area contributed by atoms with Gasteiger partial charge in [-0.1, -0.05) is 23.5 Å². The van der Waals surface area contributed by atoms with Crippen LogP contribution in [0.3, 0.4) is 0 Å². The first-order chi connectivity index (χ1) is 17.1. The molecule has 190 valence electrons. The minimum Gasteiger partial charge on any atom is -0.394 e. The molecule has 2 heterocycles. The van der Waals surface area contributed by atoms with Gasteiger partial charge in [-0.05, 0) is 43.3 Å². The van der Waals surface area contributed by atoms with Gasteiger partial charge in [0.2, 0.25) is 0 Å². The number of aromatic nitrogens is 1. The largest absolute Gasteiger partial charge is 0.416 e. The quantitative estimate of drug-likeness (QED) is 0.384. The Morgan fingerprint density at radius 1 is 1.14 bits per heavy atom. The van der Waals surface area contributed by atoms with Crippen LogP contribution in [-0.4, -0.2) is 41.2 Å². The topological polar surface area (TPSA) is 107 Å². The zero-order chi connectivity index (χ0) is 25.9. The lowest BCUT2D eigenvalue weighted by Gasteiger charge is -2.28. The van der Waals surface area contributed by atoms with Gasteiger partial charge in [-0.15, -0.1) is 0 Å². The van der Waals surface area contributed by atoms with Gasteiger partial charge in [0.05, 0.1) is 35.7 Å². The average molecular weight is 520 g/mol. The number of urea groups is 1. The summed E-state index contributed by atoms with van der Waals surface area (Å²) in [6.07, 6.45) is -3.79. The van der Waals surface area contributed by atoms with E-state index in [9.17, 15) is 22.8 Å². The number of carbonyl (C=O) groups is 2. The van der Waals surface area contributed by atoms with Crippen molar-refractivity contribution >= 4 is 39.8 Å². The standard InChI is InChI=1S/C24H24F3N5O3S/c1-14(13-33)28-21(34)17-4-2-3-5-18(17)29-22(35)31-23-30-19-10-11-32(12-20(19)36-23)16-8-6-15(7-9-16)24(25,26)27/h2-9,14,33H,10-13H2,1H3,(H,28,34)(H2,29,30,31,35)/t14-/m0/s1. The summed E-state index contributed by atoms with van der Waals surface area (Å²) in [5.74, 6) is -0.430. The van der Waals surface area contributed by atoms with Crippen LogP contribution in [0.4, 0.5) is 34.5 Å². The Bertz CT molecular complexity index is 1250. The lowest BCUT2D eigenvalue weighted by atomic mass is 10.1. The number of thiazole rings is 1. The average Bonchev–Trinajstić information content (AvgIpc) is 3.25. The van der Waals surface area contributed by atoms with E-state index >= 15 is 0 Å². The maximum Gasteiger partial charge on any atom is 0.416 e. The van der Waals surface area contributed by atoms with Gasteiger partial charge < -0.3 is 20.6 Å². The predicted octanol–water partition coefficient (Wildman–Crippen LogP) is 4.48. The fourth-order valence-electron chi connectivity index (χ4n) is 3.72. The minimum atomic E-state index is -4.38. The summed E-state index contributed by atoms with van der Waals surface area (Å²) in [6, 6.07) is 10.5. The van der Waals surface area contributed by atoms with Crippen LogP contribution in [0, 0.1) is 0 Å². The second-order valence-corrected chi connectivity index (χ2v) is 9.37. The number of hydrogen-bond acceptors (Lipinski definition) is 6. The monoisotopic (exact) mass is 519 g/mol. The van der Waals surface area contributed by atoms with E-state index in [4.69, 9.17) is 5.11 Å². The molecule has 3 aromatic rings. The number of para-hydroxylation sites is 1. The molecule has 1 atom stereocenters. The lowest BCUT2D eigenvalue weighted by Crippen LogP contribution is -2.35. The Labute approximate surface area is 209 Å². The van der Waals surface area contributed by atoms with Crippen LogP contribution in [0.1, 0.15) is 33.4 Å². The third-order valence-electron chi connectivity index (χ3n) is 5.58. The smallest absolute Gasteiger partial charge is 0.394 e. The van der Waals surface area contributed by atoms with Crippen LogP contribution < -0.4 is 20.9 Å². The number of anilines is 3. The number of hydrogen-bond donors (Lipinski definition) is 4. The third-order valence-corrected chi connectivity index (χ3v) is 6.58. The van der Waals surface area contributed by atoms with E-state index < -0.39 is 29.7 Å². The molecule has 3 amide bonds. The molecule has 0 aliphatic carbocycles. The second kappa shape index (κ2) is 10.5. The van der Waals surface area contributed by atoms with Crippen molar-refractivity contribution in [1.29, 1.82) is 0 Å². The number of alkyl halides is 3. The van der Waals surface area contributed by atoms with Crippen molar-refractivity contribution in [3.8, 4) is 0 Å². The van der Waals surface area contributed by atoms with Crippen LogP contribution >= 0.6 is 11.3 Å². The molecule has 4 rings (SSSR count). The lowest BCUT2D eigenvalue weighted by molar-refractivity contribution is -0.137. The van der Waals surface area contributed by atoms with Crippen LogP contribution in [-0.2, 0) is 19.1 Å². The van der Waals surface area contributed by atoms with Crippen molar-refractivity contribution in [1.82, 2.24) is 10.3 Å². The Kier molecular flexibility index (Phi) is 7.45. The highest BCUT2D eigenvalue weighted by Gasteiger charge is 2.30. The van der Waals surface area contributed by atoms with Gasteiger partial charge in [0, 0.05) is 29.6 Å². The number of nitrogens with zero attached hydrogens (tertiary/aromatic N) is 2. The van der Waals surface area contributed by atoms with Gasteiger partial charge in [0.1, 0.15) is 0 Å². The summed E-state index contributed by atoms with van der Waals surface area (Å²) in [5, 5.41) is 17.5. The second-order valence-electron chi connectivity index (χ2n) is 8.29. The fourth-order valence-corrected chi connectivity index (χ4v) is 4.74. The maximum absolute atomic E-state index is 12.8. The molecule has 0 unspecified atom stereocenters. The molecule has 12 heteroatoms. The van der Waals surface area contributed by atoms with Crippen molar-refractivity contribution in [2.24, 2.45) is 0 Å². The molecular formula is C24H24F3N5O3S. The molecule has 0 radical (unpaired) electrons. The first-order valence-corrected chi connectivity index (χ1v) is 11.9. The molecule has 0 bridgehead atoms. The van der Waals surface area contributed by atoms with E-state index in [0.717, 1.165) is 22.7 Å². The highest BCUT2D eigenvalue weighted by molar-refractivity contribution is 7.15. The summed E-state index contributed by atoms with van der Waals surface area (Å²) in [5.41, 5.74) is 1.36. The van der Waals surface area contributed by atoms with Gasteiger partial charge in [0.25, 0.3) is 5.91 Å². The molecule has 36 heavy (non-hydrogen) atoms. The van der Waals surface area contributed by atoms with Crippen molar-refractivity contribution < 1.29 is 27.9 Å². The molecule has 0 fully saturated rings. The molecule has 1 aliphatic rings. The Morgan fingerprint density at radius 3 is 2.56 bits per heavy atom. The first kappa shape index (κ1) is 25.5. The van der Waals surface area contributed by atoms with E-state index in [1.165, 1.54) is 23.5 Å². The molecule has 0 spiro atoms. The summed E-state index contributed by atoms with van der Waals surface area (Å²) >= 11 is 1.29. The van der Waals surface area contributed by atoms with Gasteiger partial charge in [0.15, 0.2) is 5.13 Å². The van der Waals surface area contributed by atoms with Crippen LogP contribution in [0.25, 0.3) is 0 Å². The van der Waals surface area contributed by atoms with Crippen molar-refractivity contribution in [3.63, 3.8) is 0 Å². The number of aliphatic hydroxyl groups excluding tert-OH is 1. The normalized spacial score (nSPS) is 14.1. The van der Waals surface area contributed by atoms with Gasteiger partial charge in [-0.25, -0.2) is 9.78 Å². The molecule has 2 aromatic carbocycles. The highest BCUT2D eigenvalue weighted by atomic mass is 32.1. The van der Waals surface area contributed by atoms with Crippen molar-refractivity contribution in [2.75, 3.05) is 28.7 Å². The first-order valence-electron chi connectivity index (χ1n) is 11.1. The van der Waals surface area contributed by atoms with Gasteiger partial charge >= 0.3 is 12.2 Å². The molecule has 8 nitrogen and oxygen atoms in total. The summed E-state index contributed by atoms with van der Waals surface area (Å²) in [7, 11) is 0. The zero-order valence-corrected chi connectivity index (χ0v) is 20.0. The molecule has 1 aromatic heterocycles. The maximum atomic E-state index is 12.8. The number of halogens is 3. The van der Waals surface area contributed by atoms with Crippen molar-refractivity contribution in [3.05, 3.63) is 70.2 Å². The number of rotatable bonds is 6. The predicted molar refractivity (Wildman–Crippen MR) is 131 cm³/mol. The number of fused-ring (bicyclic) bond motifs is 1. The number of aliphatic hydroxyl groups is 1. The SMILES string of the molecule is C[C@@H](CO)NC(=O)c1ccccc1NC(=O)Nc1nc2c(s1)CN(c1ccc(C(F)(F)F)cc1)CC2. The summed E-state index contributed by atoms with van der Waals surface area (Å²) in [6.45, 7) is 2.49. The number of benzene rings is 2. The van der Waals surface area contributed by atoms with Crippen molar-refractivity contribution in [2.45, 2.75) is 32.1 Å². The molecule has 4 N–H and O–H groups in total. The van der Waals surface area contributed by atoms with Crippen LogP contribution in [0.15, 0.2) is 48.5 Å². The highest BCUT2D eigenvalue weighted by Crippen LogP contribution is 2.33. The van der Waals surface area contributed by atoms with Gasteiger partial charge in [-0.2, -0.15) is 13.2 Å². The van der Waals surface area contributed by atoms with Gasteiger partial charge in [-0.3, -0.25) is 10.1 Å². The van der Waals surface area contributed by atoms with E-state index in [-0.39, 0.29) is 12.2 Å². The Balaban J connectivity index is 1.40. The fraction of sp³-hybridized carbons (Fsp3) is 0.292. The zero-order valence-electron chi connectivity index (χ0n) is 19.2. The summed E-state index contributed by atoms with van der Waals surface area (Å²) < 4.78 is 38.5. The van der Waals surface area contributed by atoms with E-state index in [2.05, 4.69) is 20.9 Å². The Hall–Kier alpha value is -3.64. The van der Waals surface area contributed by atoms with Crippen LogP contribution in [0.2, 0.25) is 0 Å². The summed E-state index contributed by atoms with van der Waals surface area (Å²) in [4.78, 5) is 32.4. The van der Waals surface area contributed by atoms with E-state index in [1.807, 2.05) is 4.90 Å². The van der Waals surface area contributed by atoms with Crippen LogP contribution in [0.5, 0.6) is 0 Å². The Morgan fingerprint density at radius 2 is 1.86 bits per heavy atom. The number of carbonyl (C=O) groups excluding carboxylic acids is 2. The number of amides is 3. The molecule has 0 saturated heterocycles. The minimum absolute atomic E-state index is 0.215. The molecule has 1 aliphatic heterocycles. The van der Waals surface area contributed by atoms with E-state index in [0.29, 0.717) is 36.0 Å². The third kappa shape index (κ3) is 5.94. The molecular weight excluding hydrogens is 495 g/mol.